The van der Waals surface area contributed by atoms with Gasteiger partial charge in [0.25, 0.3) is 0 Å². The van der Waals surface area contributed by atoms with E-state index in [2.05, 4.69) is 5.32 Å². The molecule has 2 rings (SSSR count). The number of carbonyl (C=O) groups is 2. The number of benzene rings is 2. The fourth-order valence-corrected chi connectivity index (χ4v) is 2.40. The average Bonchev–Trinajstić information content (AvgIpc) is 2.57. The van der Waals surface area contributed by atoms with Gasteiger partial charge in [-0.2, -0.15) is 0 Å². The van der Waals surface area contributed by atoms with Crippen molar-refractivity contribution in [1.82, 2.24) is 5.32 Å². The molecule has 0 atom stereocenters. The van der Waals surface area contributed by atoms with E-state index in [1.807, 2.05) is 12.1 Å². The number of nitrogens with two attached hydrogens (primary N) is 1. The van der Waals surface area contributed by atoms with Gasteiger partial charge in [0.1, 0.15) is 18.0 Å². The van der Waals surface area contributed by atoms with Gasteiger partial charge in [0.05, 0.1) is 6.54 Å². The SMILES string of the molecule is CC(C)(C)OC(=O)NCCOc1cc(C(N)=O)cc(-c2ccc(Cl)cc2)c1. The maximum atomic E-state index is 11.6. The monoisotopic (exact) mass is 390 g/mol. The van der Waals surface area contributed by atoms with Gasteiger partial charge in [-0.3, -0.25) is 4.79 Å². The van der Waals surface area contributed by atoms with E-state index in [0.717, 1.165) is 11.1 Å². The van der Waals surface area contributed by atoms with Gasteiger partial charge in [-0.25, -0.2) is 4.79 Å². The number of carbonyl (C=O) groups excluding carboxylic acids is 2. The highest BCUT2D eigenvalue weighted by molar-refractivity contribution is 6.30. The molecule has 144 valence electrons. The average molecular weight is 391 g/mol. The predicted molar refractivity (Wildman–Crippen MR) is 105 cm³/mol. The molecule has 0 unspecified atom stereocenters. The number of primary amides is 1. The van der Waals surface area contributed by atoms with Crippen LogP contribution in [-0.4, -0.2) is 30.8 Å². The molecule has 0 aliphatic carbocycles. The van der Waals surface area contributed by atoms with Gasteiger partial charge in [-0.15, -0.1) is 0 Å². The Labute approximate surface area is 163 Å². The third-order valence-electron chi connectivity index (χ3n) is 3.41. The molecular weight excluding hydrogens is 368 g/mol. The summed E-state index contributed by atoms with van der Waals surface area (Å²) in [5.74, 6) is -0.0789. The fourth-order valence-electron chi connectivity index (χ4n) is 2.27. The number of halogens is 1. The number of amides is 2. The van der Waals surface area contributed by atoms with Crippen LogP contribution in [0.3, 0.4) is 0 Å². The molecule has 0 radical (unpaired) electrons. The molecule has 0 aromatic heterocycles. The molecule has 0 saturated heterocycles. The minimum atomic E-state index is -0.561. The van der Waals surface area contributed by atoms with Crippen molar-refractivity contribution >= 4 is 23.6 Å². The van der Waals surface area contributed by atoms with Gasteiger partial charge >= 0.3 is 6.09 Å². The van der Waals surface area contributed by atoms with Crippen LogP contribution >= 0.6 is 11.6 Å². The van der Waals surface area contributed by atoms with Crippen LogP contribution in [0, 0.1) is 0 Å². The van der Waals surface area contributed by atoms with Gasteiger partial charge in [0, 0.05) is 10.6 Å². The van der Waals surface area contributed by atoms with Crippen LogP contribution in [-0.2, 0) is 4.74 Å². The second kappa shape index (κ2) is 8.77. The summed E-state index contributed by atoms with van der Waals surface area (Å²) in [6.07, 6.45) is -0.515. The van der Waals surface area contributed by atoms with E-state index in [4.69, 9.17) is 26.8 Å². The molecule has 2 amide bonds. The van der Waals surface area contributed by atoms with E-state index in [1.165, 1.54) is 0 Å². The maximum absolute atomic E-state index is 11.6. The topological polar surface area (TPSA) is 90.7 Å². The summed E-state index contributed by atoms with van der Waals surface area (Å²) in [5, 5.41) is 3.23. The van der Waals surface area contributed by atoms with Crippen molar-refractivity contribution in [3.05, 3.63) is 53.1 Å². The van der Waals surface area contributed by atoms with Crippen molar-refractivity contribution in [2.24, 2.45) is 5.73 Å². The van der Waals surface area contributed by atoms with Crippen molar-refractivity contribution in [1.29, 1.82) is 0 Å². The van der Waals surface area contributed by atoms with Crippen LogP contribution in [0.4, 0.5) is 4.79 Å². The summed E-state index contributed by atoms with van der Waals surface area (Å²) in [7, 11) is 0. The summed E-state index contributed by atoms with van der Waals surface area (Å²) in [6.45, 7) is 5.83. The Hall–Kier alpha value is -2.73. The van der Waals surface area contributed by atoms with E-state index in [1.54, 1.807) is 51.1 Å². The molecule has 3 N–H and O–H groups in total. The Morgan fingerprint density at radius 2 is 1.74 bits per heavy atom. The summed E-state index contributed by atoms with van der Waals surface area (Å²) >= 11 is 5.92. The van der Waals surface area contributed by atoms with Crippen molar-refractivity contribution < 1.29 is 19.1 Å². The molecule has 2 aromatic rings. The lowest BCUT2D eigenvalue weighted by Crippen LogP contribution is -2.34. The van der Waals surface area contributed by atoms with Crippen LogP contribution in [0.5, 0.6) is 5.75 Å². The van der Waals surface area contributed by atoms with Gasteiger partial charge < -0.3 is 20.5 Å². The lowest BCUT2D eigenvalue weighted by atomic mass is 10.0. The van der Waals surface area contributed by atoms with Crippen LogP contribution in [0.15, 0.2) is 42.5 Å². The molecule has 2 aromatic carbocycles. The summed E-state index contributed by atoms with van der Waals surface area (Å²) in [6, 6.07) is 12.3. The normalized spacial score (nSPS) is 11.0. The molecule has 7 heteroatoms. The smallest absolute Gasteiger partial charge is 0.407 e. The van der Waals surface area contributed by atoms with E-state index < -0.39 is 17.6 Å². The van der Waals surface area contributed by atoms with Crippen LogP contribution in [0.25, 0.3) is 11.1 Å². The number of ether oxygens (including phenoxy) is 2. The van der Waals surface area contributed by atoms with Gasteiger partial charge in [-0.1, -0.05) is 23.7 Å². The molecule has 0 spiro atoms. The molecular formula is C20H23ClN2O4. The first-order valence-corrected chi connectivity index (χ1v) is 8.82. The standard InChI is InChI=1S/C20H23ClN2O4/c1-20(2,3)27-19(25)23-8-9-26-17-11-14(10-15(12-17)18(22)24)13-4-6-16(21)7-5-13/h4-7,10-12H,8-9H2,1-3H3,(H2,22,24)(H,23,25). The van der Waals surface area contributed by atoms with E-state index in [0.29, 0.717) is 16.3 Å². The zero-order valence-corrected chi connectivity index (χ0v) is 16.3. The molecule has 0 fully saturated rings. The van der Waals surface area contributed by atoms with Gasteiger partial charge in [-0.05, 0) is 62.2 Å². The Balaban J connectivity index is 2.04. The second-order valence-electron chi connectivity index (χ2n) is 6.89. The minimum absolute atomic E-state index is 0.210. The Morgan fingerprint density at radius 1 is 1.07 bits per heavy atom. The summed E-state index contributed by atoms with van der Waals surface area (Å²) < 4.78 is 10.8. The third-order valence-corrected chi connectivity index (χ3v) is 3.66. The van der Waals surface area contributed by atoms with Crippen molar-refractivity contribution in [3.8, 4) is 16.9 Å². The largest absolute Gasteiger partial charge is 0.492 e. The first-order chi connectivity index (χ1) is 12.6. The molecule has 0 aliphatic rings. The van der Waals surface area contributed by atoms with E-state index in [-0.39, 0.29) is 13.2 Å². The van der Waals surface area contributed by atoms with E-state index in [9.17, 15) is 9.59 Å². The molecule has 27 heavy (non-hydrogen) atoms. The first-order valence-electron chi connectivity index (χ1n) is 8.44. The molecule has 0 bridgehead atoms. The number of hydrogen-bond donors (Lipinski definition) is 2. The predicted octanol–water partition coefficient (Wildman–Crippen LogP) is 4.01. The maximum Gasteiger partial charge on any atom is 0.407 e. The summed E-state index contributed by atoms with van der Waals surface area (Å²) in [4.78, 5) is 23.2. The number of nitrogens with one attached hydrogen (secondary N) is 1. The van der Waals surface area contributed by atoms with Crippen LogP contribution in [0.1, 0.15) is 31.1 Å². The fraction of sp³-hybridized carbons (Fsp3) is 0.300. The molecule has 0 saturated carbocycles. The number of hydrogen-bond acceptors (Lipinski definition) is 4. The number of rotatable bonds is 6. The second-order valence-corrected chi connectivity index (χ2v) is 7.33. The highest BCUT2D eigenvalue weighted by Crippen LogP contribution is 2.27. The van der Waals surface area contributed by atoms with Crippen molar-refractivity contribution in [2.45, 2.75) is 26.4 Å². The molecule has 6 nitrogen and oxygen atoms in total. The lowest BCUT2D eigenvalue weighted by Gasteiger charge is -2.19. The minimum Gasteiger partial charge on any atom is -0.492 e. The zero-order chi connectivity index (χ0) is 20.0. The van der Waals surface area contributed by atoms with Gasteiger partial charge in [0.15, 0.2) is 0 Å². The summed E-state index contributed by atoms with van der Waals surface area (Å²) in [5.41, 5.74) is 6.84. The van der Waals surface area contributed by atoms with Crippen molar-refractivity contribution in [2.75, 3.05) is 13.2 Å². The quantitative estimate of drug-likeness (QED) is 0.729. The lowest BCUT2D eigenvalue weighted by molar-refractivity contribution is 0.0520. The van der Waals surface area contributed by atoms with Crippen LogP contribution < -0.4 is 15.8 Å². The highest BCUT2D eigenvalue weighted by Gasteiger charge is 2.15. The molecule has 0 heterocycles. The number of alkyl carbamates (subject to hydrolysis) is 1. The Bertz CT molecular complexity index is 814. The van der Waals surface area contributed by atoms with E-state index >= 15 is 0 Å². The molecule has 0 aliphatic heterocycles. The van der Waals surface area contributed by atoms with Gasteiger partial charge in [0.2, 0.25) is 5.91 Å². The Kier molecular flexibility index (Phi) is 6.69. The highest BCUT2D eigenvalue weighted by atomic mass is 35.5. The zero-order valence-electron chi connectivity index (χ0n) is 15.5. The third kappa shape index (κ3) is 6.83. The van der Waals surface area contributed by atoms with Crippen LogP contribution in [0.2, 0.25) is 5.02 Å². The Morgan fingerprint density at radius 3 is 2.33 bits per heavy atom. The first kappa shape index (κ1) is 20.6. The van der Waals surface area contributed by atoms with Crippen molar-refractivity contribution in [3.63, 3.8) is 0 Å².